The Balaban J connectivity index is 3.02. The van der Waals surface area contributed by atoms with Crippen molar-refractivity contribution >= 4 is 22.6 Å². The van der Waals surface area contributed by atoms with Crippen LogP contribution in [0.5, 0.6) is 0 Å². The Labute approximate surface area is 55.9 Å². The zero-order valence-electron chi connectivity index (χ0n) is 3.56. The second kappa shape index (κ2) is 2.26. The van der Waals surface area contributed by atoms with E-state index in [1.807, 2.05) is 12.1 Å². The molecule has 2 heteroatoms. The second-order valence-corrected chi connectivity index (χ2v) is 2.35. The summed E-state index contributed by atoms with van der Waals surface area (Å²) in [6, 6.07) is 3.76. The first-order valence-corrected chi connectivity index (χ1v) is 2.95. The lowest BCUT2D eigenvalue weighted by molar-refractivity contribution is 1.30. The standard InChI is InChI=1S/C5H3IN/c6-5-1-3-7-4-2-5/h1-3H. The van der Waals surface area contributed by atoms with Gasteiger partial charge in [0.15, 0.2) is 0 Å². The molecule has 1 heterocycles. The van der Waals surface area contributed by atoms with Crippen LogP contribution in [-0.4, -0.2) is 4.98 Å². The van der Waals surface area contributed by atoms with Gasteiger partial charge in [-0.15, -0.1) is 0 Å². The van der Waals surface area contributed by atoms with Crippen molar-refractivity contribution in [2.45, 2.75) is 0 Å². The van der Waals surface area contributed by atoms with Gasteiger partial charge in [0, 0.05) is 9.77 Å². The van der Waals surface area contributed by atoms with Gasteiger partial charge in [-0.3, -0.25) is 4.98 Å². The Morgan fingerprint density at radius 2 is 2.57 bits per heavy atom. The van der Waals surface area contributed by atoms with E-state index in [2.05, 4.69) is 33.8 Å². The van der Waals surface area contributed by atoms with E-state index in [0.717, 1.165) is 0 Å². The van der Waals surface area contributed by atoms with Crippen LogP contribution in [0.3, 0.4) is 0 Å². The molecule has 0 fully saturated rings. The van der Waals surface area contributed by atoms with Crippen LogP contribution in [-0.2, 0) is 0 Å². The van der Waals surface area contributed by atoms with Crippen LogP contribution in [0.4, 0.5) is 0 Å². The molecule has 0 atom stereocenters. The van der Waals surface area contributed by atoms with Crippen LogP contribution in [0.1, 0.15) is 0 Å². The Kier molecular flexibility index (Phi) is 1.62. The molecule has 0 aliphatic carbocycles. The highest BCUT2D eigenvalue weighted by atomic mass is 127. The van der Waals surface area contributed by atoms with Gasteiger partial charge in [-0.1, -0.05) is 0 Å². The molecule has 0 spiro atoms. The minimum atomic E-state index is 1.17. The SMILES string of the molecule is Ic1c[c]ncc1. The predicted molar refractivity (Wildman–Crippen MR) is 35.8 cm³/mol. The molecule has 1 aromatic rings. The molecule has 0 unspecified atom stereocenters. The summed E-state index contributed by atoms with van der Waals surface area (Å²) in [6.07, 6.45) is 4.43. The van der Waals surface area contributed by atoms with Crippen LogP contribution in [0.15, 0.2) is 18.3 Å². The summed E-state index contributed by atoms with van der Waals surface area (Å²) < 4.78 is 1.17. The highest BCUT2D eigenvalue weighted by molar-refractivity contribution is 14.1. The third-order valence-corrected chi connectivity index (χ3v) is 1.26. The third kappa shape index (κ3) is 1.43. The number of aromatic nitrogens is 1. The van der Waals surface area contributed by atoms with E-state index in [-0.39, 0.29) is 0 Å². The van der Waals surface area contributed by atoms with Gasteiger partial charge in [-0.05, 0) is 34.7 Å². The second-order valence-electron chi connectivity index (χ2n) is 1.10. The molecule has 1 aromatic heterocycles. The molecule has 0 bridgehead atoms. The maximum atomic E-state index is 3.72. The molecular weight excluding hydrogens is 201 g/mol. The van der Waals surface area contributed by atoms with Crippen molar-refractivity contribution in [3.05, 3.63) is 28.1 Å². The first kappa shape index (κ1) is 5.03. The van der Waals surface area contributed by atoms with Crippen LogP contribution in [0, 0.1) is 9.77 Å². The van der Waals surface area contributed by atoms with E-state index in [0.29, 0.717) is 0 Å². The van der Waals surface area contributed by atoms with E-state index < -0.39 is 0 Å². The van der Waals surface area contributed by atoms with Crippen molar-refractivity contribution in [1.29, 1.82) is 0 Å². The summed E-state index contributed by atoms with van der Waals surface area (Å²) in [6.45, 7) is 0. The lowest BCUT2D eigenvalue weighted by atomic mass is 10.5. The molecule has 0 saturated carbocycles. The van der Waals surface area contributed by atoms with Crippen LogP contribution < -0.4 is 0 Å². The maximum Gasteiger partial charge on any atom is 0.0897 e. The van der Waals surface area contributed by atoms with E-state index in [1.165, 1.54) is 3.57 Å². The Morgan fingerprint density at radius 1 is 1.71 bits per heavy atom. The molecule has 0 aliphatic rings. The molecule has 1 radical (unpaired) electrons. The fraction of sp³-hybridized carbons (Fsp3) is 0. The van der Waals surface area contributed by atoms with Gasteiger partial charge in [0.2, 0.25) is 0 Å². The zero-order valence-corrected chi connectivity index (χ0v) is 5.71. The lowest BCUT2D eigenvalue weighted by Gasteiger charge is -1.79. The molecule has 0 aromatic carbocycles. The molecular formula is C5H3IN. The smallest absolute Gasteiger partial charge is 0.0897 e. The zero-order chi connectivity index (χ0) is 5.11. The quantitative estimate of drug-likeness (QED) is 0.583. The van der Waals surface area contributed by atoms with Gasteiger partial charge >= 0.3 is 0 Å². The van der Waals surface area contributed by atoms with Crippen molar-refractivity contribution in [2.75, 3.05) is 0 Å². The molecule has 7 heavy (non-hydrogen) atoms. The number of nitrogens with zero attached hydrogens (tertiary/aromatic N) is 1. The van der Waals surface area contributed by atoms with Crippen molar-refractivity contribution in [3.8, 4) is 0 Å². The normalized spacial score (nSPS) is 8.71. The largest absolute Gasteiger partial charge is 0.255 e. The number of pyridine rings is 1. The minimum Gasteiger partial charge on any atom is -0.255 e. The average Bonchev–Trinajstić information content (AvgIpc) is 1.69. The third-order valence-electron chi connectivity index (χ3n) is 0.585. The minimum absolute atomic E-state index is 1.17. The van der Waals surface area contributed by atoms with Gasteiger partial charge < -0.3 is 0 Å². The van der Waals surface area contributed by atoms with Gasteiger partial charge in [-0.2, -0.15) is 0 Å². The number of hydrogen-bond donors (Lipinski definition) is 0. The van der Waals surface area contributed by atoms with E-state index in [9.17, 15) is 0 Å². The first-order valence-electron chi connectivity index (χ1n) is 1.87. The lowest BCUT2D eigenvalue weighted by Crippen LogP contribution is -1.68. The molecule has 0 saturated heterocycles. The van der Waals surface area contributed by atoms with Crippen molar-refractivity contribution in [1.82, 2.24) is 4.98 Å². The van der Waals surface area contributed by atoms with Crippen molar-refractivity contribution in [2.24, 2.45) is 0 Å². The maximum absolute atomic E-state index is 3.72. The highest BCUT2D eigenvalue weighted by Gasteiger charge is 1.76. The highest BCUT2D eigenvalue weighted by Crippen LogP contribution is 1.97. The van der Waals surface area contributed by atoms with Crippen molar-refractivity contribution < 1.29 is 0 Å². The number of halogens is 1. The Hall–Kier alpha value is -0.120. The first-order chi connectivity index (χ1) is 3.39. The summed E-state index contributed by atoms with van der Waals surface area (Å²) in [4.78, 5) is 3.72. The van der Waals surface area contributed by atoms with E-state index >= 15 is 0 Å². The van der Waals surface area contributed by atoms with Crippen LogP contribution in [0.25, 0.3) is 0 Å². The molecule has 1 nitrogen and oxygen atoms in total. The number of rotatable bonds is 0. The molecule has 0 amide bonds. The number of hydrogen-bond acceptors (Lipinski definition) is 1. The molecule has 35 valence electrons. The molecule has 0 N–H and O–H groups in total. The summed E-state index contributed by atoms with van der Waals surface area (Å²) in [5.41, 5.74) is 0. The topological polar surface area (TPSA) is 12.9 Å². The summed E-state index contributed by atoms with van der Waals surface area (Å²) in [5, 5.41) is 0. The molecule has 0 aliphatic heterocycles. The van der Waals surface area contributed by atoms with Gasteiger partial charge in [0.25, 0.3) is 0 Å². The predicted octanol–water partition coefficient (Wildman–Crippen LogP) is 1.49. The van der Waals surface area contributed by atoms with Crippen LogP contribution in [0.2, 0.25) is 0 Å². The summed E-state index contributed by atoms with van der Waals surface area (Å²) in [5.74, 6) is 0. The summed E-state index contributed by atoms with van der Waals surface area (Å²) >= 11 is 2.21. The van der Waals surface area contributed by atoms with E-state index in [4.69, 9.17) is 0 Å². The fourth-order valence-corrected chi connectivity index (χ4v) is 0.599. The fourth-order valence-electron chi connectivity index (χ4n) is 0.299. The monoisotopic (exact) mass is 204 g/mol. The van der Waals surface area contributed by atoms with Crippen LogP contribution >= 0.6 is 22.6 Å². The van der Waals surface area contributed by atoms with Gasteiger partial charge in [-0.25, -0.2) is 0 Å². The van der Waals surface area contributed by atoms with Gasteiger partial charge in [0.05, 0.1) is 6.20 Å². The summed E-state index contributed by atoms with van der Waals surface area (Å²) in [7, 11) is 0. The average molecular weight is 204 g/mol. The van der Waals surface area contributed by atoms with Crippen molar-refractivity contribution in [3.63, 3.8) is 0 Å². The Morgan fingerprint density at radius 3 is 2.86 bits per heavy atom. The molecule has 1 rings (SSSR count). The Bertz CT molecular complexity index is 138. The van der Waals surface area contributed by atoms with E-state index in [1.54, 1.807) is 6.20 Å². The van der Waals surface area contributed by atoms with Gasteiger partial charge in [0.1, 0.15) is 0 Å².